The van der Waals surface area contributed by atoms with Gasteiger partial charge in [0.25, 0.3) is 0 Å². The Morgan fingerprint density at radius 3 is 2.67 bits per heavy atom. The Morgan fingerprint density at radius 2 is 2.05 bits per heavy atom. The number of carbonyl (C=O) groups excluding carboxylic acids is 1. The topological polar surface area (TPSA) is 65.2 Å². The lowest BCUT2D eigenvalue weighted by atomic mass is 10.2. The van der Waals surface area contributed by atoms with Crippen molar-refractivity contribution in [3.05, 3.63) is 52.0 Å². The number of rotatable bonds is 5. The highest BCUT2D eigenvalue weighted by Gasteiger charge is 2.10. The predicted molar refractivity (Wildman–Crippen MR) is 78.9 cm³/mol. The van der Waals surface area contributed by atoms with Gasteiger partial charge in [-0.15, -0.1) is 21.5 Å². The van der Waals surface area contributed by atoms with Gasteiger partial charge in [0.2, 0.25) is 18.1 Å². The third-order valence-electron chi connectivity index (χ3n) is 2.68. The summed E-state index contributed by atoms with van der Waals surface area (Å²) in [6.07, 6.45) is 1.27. The van der Waals surface area contributed by atoms with Crippen molar-refractivity contribution in [1.82, 2.24) is 10.2 Å². The first-order valence-corrected chi connectivity index (χ1v) is 7.20. The van der Waals surface area contributed by atoms with Crippen molar-refractivity contribution in [2.75, 3.05) is 6.61 Å². The van der Waals surface area contributed by atoms with E-state index in [0.29, 0.717) is 20.9 Å². The van der Waals surface area contributed by atoms with E-state index in [1.54, 1.807) is 36.4 Å². The molecule has 3 rings (SSSR count). The first-order chi connectivity index (χ1) is 10.2. The first kappa shape index (κ1) is 13.8. The Morgan fingerprint density at radius 1 is 1.24 bits per heavy atom. The molecule has 0 bridgehead atoms. The summed E-state index contributed by atoms with van der Waals surface area (Å²) >= 11 is 7.03. The minimum Gasteiger partial charge on any atom is -0.485 e. The monoisotopic (exact) mass is 320 g/mol. The summed E-state index contributed by atoms with van der Waals surface area (Å²) in [7, 11) is 0. The number of ketones is 1. The smallest absolute Gasteiger partial charge is 0.247 e. The second-order valence-electron chi connectivity index (χ2n) is 4.08. The third kappa shape index (κ3) is 3.29. The van der Waals surface area contributed by atoms with Crippen LogP contribution in [0.15, 0.2) is 47.2 Å². The van der Waals surface area contributed by atoms with E-state index in [1.165, 1.54) is 17.7 Å². The molecule has 0 aliphatic heterocycles. The van der Waals surface area contributed by atoms with E-state index in [0.717, 1.165) is 5.56 Å². The fourth-order valence-electron chi connectivity index (χ4n) is 1.68. The Bertz CT molecular complexity index is 738. The standard InChI is InChI=1S/C14H9ClN2O3S/c15-13-6-5-12(21-13)11(18)7-19-10-3-1-9(2-4-10)14-17-16-8-20-14/h1-6,8H,7H2. The fourth-order valence-corrected chi connectivity index (χ4v) is 2.64. The SMILES string of the molecule is O=C(COc1ccc(-c2nnco2)cc1)c1ccc(Cl)s1. The van der Waals surface area contributed by atoms with E-state index >= 15 is 0 Å². The van der Waals surface area contributed by atoms with E-state index in [1.807, 2.05) is 0 Å². The van der Waals surface area contributed by atoms with Crippen LogP contribution >= 0.6 is 22.9 Å². The molecule has 2 aromatic heterocycles. The molecule has 1 aromatic carbocycles. The number of hydrogen-bond acceptors (Lipinski definition) is 6. The van der Waals surface area contributed by atoms with Gasteiger partial charge in [-0.05, 0) is 36.4 Å². The molecular formula is C14H9ClN2O3S. The molecule has 5 nitrogen and oxygen atoms in total. The molecule has 0 amide bonds. The summed E-state index contributed by atoms with van der Waals surface area (Å²) in [5.41, 5.74) is 0.788. The summed E-state index contributed by atoms with van der Waals surface area (Å²) < 4.78 is 11.1. The average Bonchev–Trinajstić information content (AvgIpc) is 3.16. The zero-order valence-electron chi connectivity index (χ0n) is 10.7. The number of aromatic nitrogens is 2. The molecule has 106 valence electrons. The van der Waals surface area contributed by atoms with E-state index in [-0.39, 0.29) is 12.4 Å². The van der Waals surface area contributed by atoms with Gasteiger partial charge in [-0.2, -0.15) is 0 Å². The van der Waals surface area contributed by atoms with E-state index in [2.05, 4.69) is 10.2 Å². The zero-order chi connectivity index (χ0) is 14.7. The number of thiophene rings is 1. The van der Waals surface area contributed by atoms with Gasteiger partial charge < -0.3 is 9.15 Å². The Kier molecular flexibility index (Phi) is 3.98. The highest BCUT2D eigenvalue weighted by Crippen LogP contribution is 2.23. The van der Waals surface area contributed by atoms with Crippen LogP contribution in [0, 0.1) is 0 Å². The number of hydrogen-bond donors (Lipinski definition) is 0. The molecule has 0 atom stereocenters. The van der Waals surface area contributed by atoms with Gasteiger partial charge in [-0.1, -0.05) is 11.6 Å². The van der Waals surface area contributed by atoms with Crippen LogP contribution in [0.25, 0.3) is 11.5 Å². The number of benzene rings is 1. The molecule has 0 aliphatic carbocycles. The molecule has 3 aromatic rings. The molecule has 0 unspecified atom stereocenters. The Balaban J connectivity index is 1.62. The van der Waals surface area contributed by atoms with Crippen LogP contribution in [0.4, 0.5) is 0 Å². The number of halogens is 1. The number of carbonyl (C=O) groups is 1. The maximum absolute atomic E-state index is 11.9. The number of nitrogens with zero attached hydrogens (tertiary/aromatic N) is 2. The number of Topliss-reactive ketones (excluding diaryl/α,β-unsaturated/α-hetero) is 1. The molecular weight excluding hydrogens is 312 g/mol. The minimum atomic E-state index is -0.104. The van der Waals surface area contributed by atoms with Gasteiger partial charge in [0.1, 0.15) is 5.75 Å². The summed E-state index contributed by atoms with van der Waals surface area (Å²) in [6.45, 7) is -0.0310. The van der Waals surface area contributed by atoms with Crippen LogP contribution in [0.1, 0.15) is 9.67 Å². The van der Waals surface area contributed by atoms with Crippen molar-refractivity contribution < 1.29 is 13.9 Å². The van der Waals surface area contributed by atoms with Crippen LogP contribution in [-0.2, 0) is 0 Å². The summed E-state index contributed by atoms with van der Waals surface area (Å²) in [5, 5.41) is 7.42. The van der Waals surface area contributed by atoms with Crippen LogP contribution < -0.4 is 4.74 Å². The maximum Gasteiger partial charge on any atom is 0.247 e. The van der Waals surface area contributed by atoms with Crippen LogP contribution in [0.5, 0.6) is 5.75 Å². The van der Waals surface area contributed by atoms with Crippen molar-refractivity contribution in [3.8, 4) is 17.2 Å². The van der Waals surface area contributed by atoms with Gasteiger partial charge in [0.05, 0.1) is 9.21 Å². The second-order valence-corrected chi connectivity index (χ2v) is 5.80. The molecule has 0 N–H and O–H groups in total. The van der Waals surface area contributed by atoms with Crippen LogP contribution in [-0.4, -0.2) is 22.6 Å². The summed E-state index contributed by atoms with van der Waals surface area (Å²) in [4.78, 5) is 12.5. The van der Waals surface area contributed by atoms with Gasteiger partial charge >= 0.3 is 0 Å². The van der Waals surface area contributed by atoms with Crippen molar-refractivity contribution >= 4 is 28.7 Å². The van der Waals surface area contributed by atoms with E-state index in [4.69, 9.17) is 20.8 Å². The highest BCUT2D eigenvalue weighted by molar-refractivity contribution is 7.18. The molecule has 2 heterocycles. The first-order valence-electron chi connectivity index (χ1n) is 6.00. The van der Waals surface area contributed by atoms with Crippen molar-refractivity contribution in [2.45, 2.75) is 0 Å². The Labute approximate surface area is 129 Å². The normalized spacial score (nSPS) is 10.5. The lowest BCUT2D eigenvalue weighted by Gasteiger charge is -2.04. The molecule has 7 heteroatoms. The molecule has 21 heavy (non-hydrogen) atoms. The lowest BCUT2D eigenvalue weighted by molar-refractivity contribution is 0.0925. The van der Waals surface area contributed by atoms with Crippen molar-refractivity contribution in [2.24, 2.45) is 0 Å². The van der Waals surface area contributed by atoms with Crippen LogP contribution in [0.2, 0.25) is 4.34 Å². The minimum absolute atomic E-state index is 0.0310. The third-order valence-corrected chi connectivity index (χ3v) is 3.95. The van der Waals surface area contributed by atoms with Gasteiger partial charge in [0, 0.05) is 5.56 Å². The van der Waals surface area contributed by atoms with Crippen LogP contribution in [0.3, 0.4) is 0 Å². The summed E-state index contributed by atoms with van der Waals surface area (Å²) in [6, 6.07) is 10.4. The molecule has 0 saturated carbocycles. The molecule has 0 saturated heterocycles. The fraction of sp³-hybridized carbons (Fsp3) is 0.0714. The molecule has 0 aliphatic rings. The van der Waals surface area contributed by atoms with Crippen molar-refractivity contribution in [3.63, 3.8) is 0 Å². The maximum atomic E-state index is 11.9. The molecule has 0 radical (unpaired) electrons. The quantitative estimate of drug-likeness (QED) is 0.670. The largest absolute Gasteiger partial charge is 0.485 e. The highest BCUT2D eigenvalue weighted by atomic mass is 35.5. The Hall–Kier alpha value is -2.18. The lowest BCUT2D eigenvalue weighted by Crippen LogP contribution is -2.09. The summed E-state index contributed by atoms with van der Waals surface area (Å²) in [5.74, 6) is 0.924. The number of ether oxygens (including phenoxy) is 1. The van der Waals surface area contributed by atoms with E-state index in [9.17, 15) is 4.79 Å². The van der Waals surface area contributed by atoms with Crippen molar-refractivity contribution in [1.29, 1.82) is 0 Å². The average molecular weight is 321 g/mol. The van der Waals surface area contributed by atoms with Gasteiger partial charge in [0.15, 0.2) is 6.61 Å². The predicted octanol–water partition coefficient (Wildman–Crippen LogP) is 3.71. The molecule has 0 fully saturated rings. The second kappa shape index (κ2) is 6.07. The van der Waals surface area contributed by atoms with Gasteiger partial charge in [-0.3, -0.25) is 4.79 Å². The van der Waals surface area contributed by atoms with E-state index < -0.39 is 0 Å². The molecule has 0 spiro atoms. The van der Waals surface area contributed by atoms with Gasteiger partial charge in [-0.25, -0.2) is 0 Å². The zero-order valence-corrected chi connectivity index (χ0v) is 12.2.